The molecule has 0 radical (unpaired) electrons. The van der Waals surface area contributed by atoms with Crippen molar-refractivity contribution in [2.75, 3.05) is 10.7 Å². The highest BCUT2D eigenvalue weighted by Gasteiger charge is 2.40. The van der Waals surface area contributed by atoms with Gasteiger partial charge in [0.15, 0.2) is 15.5 Å². The maximum Gasteiger partial charge on any atom is 0.408 e. The third kappa shape index (κ3) is 6.41. The highest BCUT2D eigenvalue weighted by Crippen LogP contribution is 2.37. The van der Waals surface area contributed by atoms with E-state index in [0.717, 1.165) is 17.0 Å². The number of nitrogens with zero attached hydrogens (tertiary/aromatic N) is 3. The molecule has 2 aromatic carbocycles. The minimum Gasteiger partial charge on any atom is -0.444 e. The molecule has 0 saturated heterocycles. The van der Waals surface area contributed by atoms with E-state index in [1.807, 2.05) is 0 Å². The SMILES string of the molecule is CC(C)(C)OC(=O)N[C@H]1CS(=O)(=O)c2cc(F)c(-c3noc(C(C)(C)F)n3)cc2N(Cc2ccc(Cl)cc2)C1=O. The van der Waals surface area contributed by atoms with E-state index >= 15 is 4.39 Å². The molecule has 0 bridgehead atoms. The van der Waals surface area contributed by atoms with Crippen LogP contribution in [-0.2, 0) is 31.6 Å². The topological polar surface area (TPSA) is 132 Å². The third-order valence-corrected chi connectivity index (χ3v) is 7.77. The predicted octanol–water partition coefficient (Wildman–Crippen LogP) is 4.95. The molecule has 0 spiro atoms. The number of alkyl halides is 1. The number of anilines is 1. The molecular formula is C26H27ClF2N4O6S. The van der Waals surface area contributed by atoms with Crippen LogP contribution in [0, 0.1) is 5.82 Å². The number of aromatic nitrogens is 2. The van der Waals surface area contributed by atoms with E-state index in [0.29, 0.717) is 10.6 Å². The fraction of sp³-hybridized carbons (Fsp3) is 0.385. The lowest BCUT2D eigenvalue weighted by molar-refractivity contribution is -0.120. The first-order valence-corrected chi connectivity index (χ1v) is 14.1. The number of amides is 2. The Kier molecular flexibility index (Phi) is 7.67. The summed E-state index contributed by atoms with van der Waals surface area (Å²) in [5.41, 5.74) is -2.88. The van der Waals surface area contributed by atoms with E-state index in [1.165, 1.54) is 13.8 Å². The Morgan fingerprint density at radius 2 is 1.85 bits per heavy atom. The number of ether oxygens (including phenoxy) is 1. The van der Waals surface area contributed by atoms with E-state index in [9.17, 15) is 22.4 Å². The molecule has 214 valence electrons. The van der Waals surface area contributed by atoms with E-state index in [2.05, 4.69) is 15.5 Å². The first-order chi connectivity index (χ1) is 18.4. The van der Waals surface area contributed by atoms with Gasteiger partial charge in [-0.15, -0.1) is 0 Å². The molecule has 1 aliphatic rings. The number of benzene rings is 2. The largest absolute Gasteiger partial charge is 0.444 e. The van der Waals surface area contributed by atoms with Crippen LogP contribution in [-0.4, -0.2) is 48.0 Å². The highest BCUT2D eigenvalue weighted by molar-refractivity contribution is 7.91. The first-order valence-electron chi connectivity index (χ1n) is 12.1. The molecule has 1 aliphatic heterocycles. The summed E-state index contributed by atoms with van der Waals surface area (Å²) in [6, 6.07) is 6.70. The number of hydrogen-bond donors (Lipinski definition) is 1. The van der Waals surface area contributed by atoms with Crippen molar-refractivity contribution in [1.82, 2.24) is 15.5 Å². The fourth-order valence-corrected chi connectivity index (χ4v) is 5.67. The minimum atomic E-state index is -4.34. The van der Waals surface area contributed by atoms with Crippen LogP contribution in [0.2, 0.25) is 5.02 Å². The van der Waals surface area contributed by atoms with Crippen LogP contribution >= 0.6 is 11.6 Å². The van der Waals surface area contributed by atoms with Crippen molar-refractivity contribution in [3.05, 3.63) is 58.7 Å². The van der Waals surface area contributed by atoms with E-state index in [1.54, 1.807) is 45.0 Å². The number of carbonyl (C=O) groups excluding carboxylic acids is 2. The van der Waals surface area contributed by atoms with Gasteiger partial charge in [0.25, 0.3) is 11.8 Å². The number of alkyl carbamates (subject to hydrolysis) is 1. The monoisotopic (exact) mass is 596 g/mol. The van der Waals surface area contributed by atoms with Gasteiger partial charge in [-0.25, -0.2) is 22.0 Å². The quantitative estimate of drug-likeness (QED) is 0.438. The van der Waals surface area contributed by atoms with Crippen molar-refractivity contribution < 1.29 is 36.0 Å². The van der Waals surface area contributed by atoms with Crippen molar-refractivity contribution in [3.8, 4) is 11.4 Å². The van der Waals surface area contributed by atoms with Gasteiger partial charge in [0.1, 0.15) is 17.5 Å². The summed E-state index contributed by atoms with van der Waals surface area (Å²) in [5.74, 6) is -3.44. The van der Waals surface area contributed by atoms with Gasteiger partial charge in [-0.3, -0.25) is 4.79 Å². The molecule has 1 aromatic heterocycles. The molecule has 4 rings (SSSR count). The lowest BCUT2D eigenvalue weighted by Gasteiger charge is -2.27. The van der Waals surface area contributed by atoms with Gasteiger partial charge < -0.3 is 19.5 Å². The molecule has 1 atom stereocenters. The first kappa shape index (κ1) is 29.4. The molecule has 0 unspecified atom stereocenters. The molecule has 2 amide bonds. The minimum absolute atomic E-state index is 0.162. The lowest BCUT2D eigenvalue weighted by Crippen LogP contribution is -2.51. The smallest absolute Gasteiger partial charge is 0.408 e. The highest BCUT2D eigenvalue weighted by atomic mass is 35.5. The summed E-state index contributed by atoms with van der Waals surface area (Å²) < 4.78 is 66.7. The van der Waals surface area contributed by atoms with Gasteiger partial charge in [0, 0.05) is 5.02 Å². The average Bonchev–Trinajstić information content (AvgIpc) is 3.30. The zero-order chi connectivity index (χ0) is 29.6. The normalized spacial score (nSPS) is 17.2. The van der Waals surface area contributed by atoms with Gasteiger partial charge in [0.2, 0.25) is 5.82 Å². The number of carbonyl (C=O) groups is 2. The van der Waals surface area contributed by atoms with E-state index < -0.39 is 61.5 Å². The van der Waals surface area contributed by atoms with Crippen molar-refractivity contribution >= 4 is 39.1 Å². The van der Waals surface area contributed by atoms with Gasteiger partial charge in [-0.2, -0.15) is 4.98 Å². The van der Waals surface area contributed by atoms with Crippen LogP contribution in [0.4, 0.5) is 19.3 Å². The summed E-state index contributed by atoms with van der Waals surface area (Å²) in [5, 5.41) is 6.41. The second-order valence-electron chi connectivity index (χ2n) is 10.7. The number of halogens is 3. The van der Waals surface area contributed by atoms with Crippen molar-refractivity contribution in [3.63, 3.8) is 0 Å². The second kappa shape index (κ2) is 10.4. The summed E-state index contributed by atoms with van der Waals surface area (Å²) in [6.07, 6.45) is -1.00. The molecule has 10 nitrogen and oxygen atoms in total. The number of fused-ring (bicyclic) bond motifs is 1. The van der Waals surface area contributed by atoms with Crippen LogP contribution in [0.25, 0.3) is 11.4 Å². The molecule has 3 aromatic rings. The molecule has 40 heavy (non-hydrogen) atoms. The molecule has 0 fully saturated rings. The maximum absolute atomic E-state index is 15.3. The Labute approximate surface area is 234 Å². The molecule has 0 aliphatic carbocycles. The van der Waals surface area contributed by atoms with Crippen LogP contribution in [0.15, 0.2) is 45.8 Å². The Morgan fingerprint density at radius 3 is 2.42 bits per heavy atom. The molecule has 14 heteroatoms. The summed E-state index contributed by atoms with van der Waals surface area (Å²) in [6.45, 7) is 7.02. The maximum atomic E-state index is 15.3. The number of rotatable bonds is 5. The third-order valence-electron chi connectivity index (χ3n) is 5.75. The zero-order valence-corrected chi connectivity index (χ0v) is 23.9. The van der Waals surface area contributed by atoms with Crippen molar-refractivity contribution in [1.29, 1.82) is 0 Å². The van der Waals surface area contributed by atoms with Gasteiger partial charge in [0.05, 0.1) is 28.4 Å². The van der Waals surface area contributed by atoms with Crippen LogP contribution in [0.5, 0.6) is 0 Å². The van der Waals surface area contributed by atoms with Gasteiger partial charge in [-0.05, 0) is 64.4 Å². The Bertz CT molecular complexity index is 1560. The zero-order valence-electron chi connectivity index (χ0n) is 22.3. The van der Waals surface area contributed by atoms with Crippen LogP contribution in [0.3, 0.4) is 0 Å². The molecular weight excluding hydrogens is 570 g/mol. The predicted molar refractivity (Wildman–Crippen MR) is 142 cm³/mol. The average molecular weight is 597 g/mol. The van der Waals surface area contributed by atoms with Crippen LogP contribution < -0.4 is 10.2 Å². The summed E-state index contributed by atoms with van der Waals surface area (Å²) in [7, 11) is -4.34. The van der Waals surface area contributed by atoms with Gasteiger partial charge in [-0.1, -0.05) is 28.9 Å². The fourth-order valence-electron chi connectivity index (χ4n) is 3.93. The summed E-state index contributed by atoms with van der Waals surface area (Å²) in [4.78, 5) is 30.9. The van der Waals surface area contributed by atoms with Crippen molar-refractivity contribution in [2.24, 2.45) is 0 Å². The molecule has 0 saturated carbocycles. The van der Waals surface area contributed by atoms with E-state index in [4.69, 9.17) is 20.9 Å². The number of hydrogen-bond acceptors (Lipinski definition) is 8. The van der Waals surface area contributed by atoms with Gasteiger partial charge >= 0.3 is 6.09 Å². The van der Waals surface area contributed by atoms with Crippen LogP contribution in [0.1, 0.15) is 46.1 Å². The standard InChI is InChI=1S/C26H27ClF2N4O6S/c1-25(2,3)38-24(35)30-18-13-40(36,37)20-11-17(28)16(21-31-23(39-32-21)26(4,5)29)10-19(20)33(22(18)34)12-14-6-8-15(27)9-7-14/h6-11,18H,12-13H2,1-5H3,(H,30,35)/t18-/m0/s1. The van der Waals surface area contributed by atoms with E-state index in [-0.39, 0.29) is 23.6 Å². The second-order valence-corrected chi connectivity index (χ2v) is 13.2. The summed E-state index contributed by atoms with van der Waals surface area (Å²) >= 11 is 5.99. The number of sulfone groups is 1. The number of nitrogens with one attached hydrogen (secondary N) is 1. The Hall–Kier alpha value is -3.58. The molecule has 2 heterocycles. The van der Waals surface area contributed by atoms with Crippen molar-refractivity contribution in [2.45, 2.75) is 63.4 Å². The lowest BCUT2D eigenvalue weighted by atomic mass is 10.1. The Morgan fingerprint density at radius 1 is 1.20 bits per heavy atom. The Balaban J connectivity index is 1.85. The molecule has 1 N–H and O–H groups in total.